The summed E-state index contributed by atoms with van der Waals surface area (Å²) in [5.74, 6) is -0.909. The topological polar surface area (TPSA) is 231 Å². The highest BCUT2D eigenvalue weighted by Gasteiger charge is 2.47. The van der Waals surface area contributed by atoms with E-state index < -0.39 is 92.7 Å². The van der Waals surface area contributed by atoms with Gasteiger partial charge in [-0.3, -0.25) is 9.59 Å². The molecule has 15 nitrogen and oxygen atoms in total. The average molecular weight is 963 g/mol. The molecule has 0 saturated carbocycles. The van der Waals surface area contributed by atoms with E-state index in [0.717, 1.165) is 38.5 Å². The maximum absolute atomic E-state index is 13.0. The van der Waals surface area contributed by atoms with Gasteiger partial charge in [-0.1, -0.05) is 200 Å². The van der Waals surface area contributed by atoms with Crippen molar-refractivity contribution in [3.8, 4) is 0 Å². The van der Waals surface area contributed by atoms with Crippen molar-refractivity contribution in [2.24, 2.45) is 0 Å². The molecular formula is C52H98O15. The smallest absolute Gasteiger partial charge is 0.306 e. The molecule has 0 radical (unpaired) electrons. The first-order valence-corrected chi connectivity index (χ1v) is 27.1. The third-order valence-electron chi connectivity index (χ3n) is 13.3. The number of esters is 2. The predicted octanol–water partition coefficient (Wildman–Crippen LogP) is 8.00. The summed E-state index contributed by atoms with van der Waals surface area (Å²) in [4.78, 5) is 25.7. The van der Waals surface area contributed by atoms with Gasteiger partial charge in [-0.05, 0) is 12.8 Å². The molecule has 15 heteroatoms. The molecular weight excluding hydrogens is 865 g/mol. The normalized spacial score (nSPS) is 25.9. The Morgan fingerprint density at radius 3 is 1.16 bits per heavy atom. The van der Waals surface area contributed by atoms with E-state index in [9.17, 15) is 45.3 Å². The number of aliphatic hydroxyl groups excluding tert-OH is 7. The number of unbranched alkanes of at least 4 members (excludes halogenated alkanes) is 29. The van der Waals surface area contributed by atoms with Gasteiger partial charge in [-0.25, -0.2) is 0 Å². The Morgan fingerprint density at radius 1 is 0.418 bits per heavy atom. The summed E-state index contributed by atoms with van der Waals surface area (Å²) in [5, 5.41) is 72.1. The zero-order valence-electron chi connectivity index (χ0n) is 41.9. The second-order valence-electron chi connectivity index (χ2n) is 19.4. The molecule has 4 unspecified atom stereocenters. The van der Waals surface area contributed by atoms with Crippen molar-refractivity contribution >= 4 is 11.9 Å². The van der Waals surface area contributed by atoms with Crippen LogP contribution in [0.1, 0.15) is 226 Å². The van der Waals surface area contributed by atoms with Crippen LogP contribution in [0.2, 0.25) is 0 Å². The summed E-state index contributed by atoms with van der Waals surface area (Å²) < 4.78 is 33.6. The second kappa shape index (κ2) is 40.1. The van der Waals surface area contributed by atoms with E-state index in [4.69, 9.17) is 28.4 Å². The fourth-order valence-corrected chi connectivity index (χ4v) is 8.87. The molecule has 0 aromatic heterocycles. The first kappa shape index (κ1) is 61.6. The monoisotopic (exact) mass is 963 g/mol. The first-order chi connectivity index (χ1) is 32.5. The molecule has 11 atom stereocenters. The lowest BCUT2D eigenvalue weighted by Crippen LogP contribution is -2.61. The number of aliphatic hydroxyl groups is 7. The fourth-order valence-electron chi connectivity index (χ4n) is 8.87. The van der Waals surface area contributed by atoms with Crippen LogP contribution >= 0.6 is 0 Å². The van der Waals surface area contributed by atoms with Crippen molar-refractivity contribution in [3.05, 3.63) is 0 Å². The van der Waals surface area contributed by atoms with Crippen molar-refractivity contribution in [2.75, 3.05) is 26.4 Å². The van der Waals surface area contributed by atoms with Crippen LogP contribution in [0.5, 0.6) is 0 Å². The standard InChI is InChI=1S/C52H98O15/c1-3-5-7-9-11-13-15-16-17-18-19-20-21-22-23-25-27-29-31-33-35-44(55)65-40(37-62-43(54)34-32-30-28-26-24-14-12-10-8-6-4-2)38-63-51-50(61)48(59)46(57)42(67-51)39-64-52-49(60)47(58)45(56)41(36-53)66-52/h40-42,45-53,56-61H,3-39H2,1-2H3/t40-,41+,42+,45-,46-,47?,48?,49?,50?,51+,52+/m1/s1. The Kier molecular flexibility index (Phi) is 36.9. The number of ether oxygens (including phenoxy) is 6. The Balaban J connectivity index is 1.75. The van der Waals surface area contributed by atoms with Crippen molar-refractivity contribution in [1.82, 2.24) is 0 Å². The van der Waals surface area contributed by atoms with E-state index in [2.05, 4.69) is 13.8 Å². The van der Waals surface area contributed by atoms with Gasteiger partial charge in [0.15, 0.2) is 18.7 Å². The van der Waals surface area contributed by atoms with Crippen LogP contribution in [0.4, 0.5) is 0 Å². The van der Waals surface area contributed by atoms with Gasteiger partial charge in [0.2, 0.25) is 0 Å². The van der Waals surface area contributed by atoms with Crippen molar-refractivity contribution < 1.29 is 73.8 Å². The molecule has 396 valence electrons. The first-order valence-electron chi connectivity index (χ1n) is 27.1. The average Bonchev–Trinajstić information content (AvgIpc) is 3.32. The van der Waals surface area contributed by atoms with E-state index in [1.165, 1.54) is 148 Å². The third kappa shape index (κ3) is 28.2. The van der Waals surface area contributed by atoms with Crippen molar-refractivity contribution in [2.45, 2.75) is 293 Å². The minimum absolute atomic E-state index is 0.174. The molecule has 0 aromatic rings. The van der Waals surface area contributed by atoms with Crippen LogP contribution in [0, 0.1) is 0 Å². The molecule has 2 aliphatic heterocycles. The van der Waals surface area contributed by atoms with Crippen LogP contribution in [-0.4, -0.2) is 142 Å². The van der Waals surface area contributed by atoms with E-state index in [1.807, 2.05) is 0 Å². The van der Waals surface area contributed by atoms with Gasteiger partial charge in [0.25, 0.3) is 0 Å². The fraction of sp³-hybridized carbons (Fsp3) is 0.962. The molecule has 0 spiro atoms. The predicted molar refractivity (Wildman–Crippen MR) is 257 cm³/mol. The summed E-state index contributed by atoms with van der Waals surface area (Å²) >= 11 is 0. The highest BCUT2D eigenvalue weighted by Crippen LogP contribution is 2.27. The molecule has 2 heterocycles. The molecule has 2 aliphatic rings. The Hall–Kier alpha value is -1.50. The second-order valence-corrected chi connectivity index (χ2v) is 19.4. The third-order valence-corrected chi connectivity index (χ3v) is 13.3. The molecule has 2 fully saturated rings. The number of carbonyl (C=O) groups is 2. The number of rotatable bonds is 43. The van der Waals surface area contributed by atoms with Gasteiger partial charge < -0.3 is 64.2 Å². The summed E-state index contributed by atoms with van der Waals surface area (Å²) in [6.07, 6.45) is 21.4. The van der Waals surface area contributed by atoms with E-state index in [-0.39, 0.29) is 26.1 Å². The SMILES string of the molecule is CCCCCCCCCCCCCCCCCCCCCCC(=O)O[C@H](COC(=O)CCCCCCCCCCCCC)CO[C@H]1O[C@@H](CO[C@H]2O[C@@H](CO)[C@@H](O)C(O)C2O)[C@@H](O)C(O)C1O. The van der Waals surface area contributed by atoms with Crippen LogP contribution in [0.15, 0.2) is 0 Å². The van der Waals surface area contributed by atoms with Gasteiger partial charge in [0, 0.05) is 12.8 Å². The summed E-state index contributed by atoms with van der Waals surface area (Å²) in [7, 11) is 0. The molecule has 0 amide bonds. The minimum atomic E-state index is -1.76. The number of hydrogen-bond acceptors (Lipinski definition) is 15. The Morgan fingerprint density at radius 2 is 0.761 bits per heavy atom. The molecule has 0 aromatic carbocycles. The molecule has 67 heavy (non-hydrogen) atoms. The molecule has 2 rings (SSSR count). The Bertz CT molecular complexity index is 1180. The summed E-state index contributed by atoms with van der Waals surface area (Å²) in [6.45, 7) is 2.62. The van der Waals surface area contributed by atoms with E-state index in [0.29, 0.717) is 12.8 Å². The Labute approximate surface area is 404 Å². The maximum Gasteiger partial charge on any atom is 0.306 e. The lowest BCUT2D eigenvalue weighted by atomic mass is 9.98. The van der Waals surface area contributed by atoms with Crippen LogP contribution in [-0.2, 0) is 38.0 Å². The molecule has 2 saturated heterocycles. The van der Waals surface area contributed by atoms with Crippen molar-refractivity contribution in [1.29, 1.82) is 0 Å². The number of carbonyl (C=O) groups excluding carboxylic acids is 2. The molecule has 0 bridgehead atoms. The van der Waals surface area contributed by atoms with E-state index >= 15 is 0 Å². The zero-order valence-corrected chi connectivity index (χ0v) is 41.9. The lowest BCUT2D eigenvalue weighted by Gasteiger charge is -2.42. The molecule has 7 N–H and O–H groups in total. The van der Waals surface area contributed by atoms with E-state index in [1.54, 1.807) is 0 Å². The highest BCUT2D eigenvalue weighted by atomic mass is 16.7. The van der Waals surface area contributed by atoms with Gasteiger partial charge in [0.05, 0.1) is 19.8 Å². The van der Waals surface area contributed by atoms with Gasteiger partial charge >= 0.3 is 11.9 Å². The number of hydrogen-bond donors (Lipinski definition) is 7. The van der Waals surface area contributed by atoms with Gasteiger partial charge in [-0.2, -0.15) is 0 Å². The van der Waals surface area contributed by atoms with Gasteiger partial charge in [0.1, 0.15) is 55.4 Å². The maximum atomic E-state index is 13.0. The summed E-state index contributed by atoms with van der Waals surface area (Å²) in [5.41, 5.74) is 0. The largest absolute Gasteiger partial charge is 0.462 e. The van der Waals surface area contributed by atoms with Gasteiger partial charge in [-0.15, -0.1) is 0 Å². The van der Waals surface area contributed by atoms with Crippen LogP contribution in [0.25, 0.3) is 0 Å². The van der Waals surface area contributed by atoms with Crippen LogP contribution in [0.3, 0.4) is 0 Å². The lowest BCUT2D eigenvalue weighted by molar-refractivity contribution is -0.332. The summed E-state index contributed by atoms with van der Waals surface area (Å²) in [6, 6.07) is 0. The van der Waals surface area contributed by atoms with Crippen molar-refractivity contribution in [3.63, 3.8) is 0 Å². The zero-order chi connectivity index (χ0) is 48.9. The molecule has 0 aliphatic carbocycles. The minimum Gasteiger partial charge on any atom is -0.462 e. The highest BCUT2D eigenvalue weighted by molar-refractivity contribution is 5.70. The quantitative estimate of drug-likeness (QED) is 0.0227. The van der Waals surface area contributed by atoms with Crippen LogP contribution < -0.4 is 0 Å².